The zero-order valence-electron chi connectivity index (χ0n) is 11.4. The normalized spacial score (nSPS) is 10.6. The Labute approximate surface area is 125 Å². The molecule has 0 aliphatic carbocycles. The molecule has 0 fully saturated rings. The van der Waals surface area contributed by atoms with Gasteiger partial charge in [0.05, 0.1) is 10.5 Å². The number of esters is 1. The molecule has 0 saturated carbocycles. The van der Waals surface area contributed by atoms with Gasteiger partial charge in [-0.3, -0.25) is 10.1 Å². The quantitative estimate of drug-likeness (QED) is 0.367. The van der Waals surface area contributed by atoms with Gasteiger partial charge in [0.15, 0.2) is 0 Å². The monoisotopic (exact) mass is 301 g/mol. The van der Waals surface area contributed by atoms with E-state index in [0.29, 0.717) is 0 Å². The van der Waals surface area contributed by atoms with Crippen LogP contribution in [0.25, 0.3) is 6.08 Å². The number of halogens is 1. The predicted octanol–water partition coefficient (Wildman–Crippen LogP) is 3.49. The maximum atomic E-state index is 13.3. The molecule has 0 atom stereocenters. The molecule has 0 aliphatic rings. The summed E-state index contributed by atoms with van der Waals surface area (Å²) in [7, 11) is 0. The van der Waals surface area contributed by atoms with Crippen LogP contribution in [0.4, 0.5) is 10.1 Å². The minimum Gasteiger partial charge on any atom is -0.458 e. The molecule has 0 aromatic heterocycles. The van der Waals surface area contributed by atoms with Crippen molar-refractivity contribution < 1.29 is 18.8 Å². The Morgan fingerprint density at radius 3 is 2.59 bits per heavy atom. The summed E-state index contributed by atoms with van der Waals surface area (Å²) >= 11 is 0. The lowest BCUT2D eigenvalue weighted by Crippen LogP contribution is -2.02. The van der Waals surface area contributed by atoms with E-state index in [1.807, 2.05) is 0 Å². The molecule has 112 valence electrons. The number of benzene rings is 2. The van der Waals surface area contributed by atoms with Gasteiger partial charge in [0.2, 0.25) is 0 Å². The Morgan fingerprint density at radius 2 is 1.86 bits per heavy atom. The Kier molecular flexibility index (Phi) is 4.98. The number of carbonyl (C=O) groups is 1. The maximum absolute atomic E-state index is 13.3. The lowest BCUT2D eigenvalue weighted by Gasteiger charge is -2.03. The number of nitro groups is 1. The fourth-order valence-electron chi connectivity index (χ4n) is 1.76. The first-order chi connectivity index (χ1) is 10.6. The van der Waals surface area contributed by atoms with Crippen molar-refractivity contribution in [1.29, 1.82) is 0 Å². The highest BCUT2D eigenvalue weighted by molar-refractivity contribution is 5.87. The molecular weight excluding hydrogens is 289 g/mol. The van der Waals surface area contributed by atoms with Gasteiger partial charge in [-0.05, 0) is 18.2 Å². The molecule has 5 nitrogen and oxygen atoms in total. The van der Waals surface area contributed by atoms with Crippen molar-refractivity contribution in [2.75, 3.05) is 0 Å². The highest BCUT2D eigenvalue weighted by Crippen LogP contribution is 2.19. The number of carbonyl (C=O) groups excluding carboxylic acids is 1. The fraction of sp³-hybridized carbons (Fsp3) is 0.0625. The van der Waals surface area contributed by atoms with Crippen LogP contribution in [0.15, 0.2) is 54.6 Å². The number of para-hydroxylation sites is 1. The van der Waals surface area contributed by atoms with Crippen molar-refractivity contribution in [1.82, 2.24) is 0 Å². The van der Waals surface area contributed by atoms with Crippen molar-refractivity contribution in [3.63, 3.8) is 0 Å². The zero-order valence-corrected chi connectivity index (χ0v) is 11.4. The second kappa shape index (κ2) is 7.12. The van der Waals surface area contributed by atoms with Crippen molar-refractivity contribution in [3.05, 3.63) is 81.7 Å². The fourth-order valence-corrected chi connectivity index (χ4v) is 1.76. The summed E-state index contributed by atoms with van der Waals surface area (Å²) in [4.78, 5) is 21.9. The number of hydrogen-bond acceptors (Lipinski definition) is 4. The molecule has 0 heterocycles. The van der Waals surface area contributed by atoms with Crippen molar-refractivity contribution >= 4 is 17.7 Å². The predicted molar refractivity (Wildman–Crippen MR) is 78.3 cm³/mol. The van der Waals surface area contributed by atoms with Gasteiger partial charge < -0.3 is 4.74 Å². The average Bonchev–Trinajstić information content (AvgIpc) is 2.52. The van der Waals surface area contributed by atoms with Gasteiger partial charge in [-0.2, -0.15) is 0 Å². The lowest BCUT2D eigenvalue weighted by molar-refractivity contribution is -0.385. The number of ether oxygens (including phenoxy) is 1. The van der Waals surface area contributed by atoms with E-state index in [0.717, 1.165) is 6.08 Å². The van der Waals surface area contributed by atoms with Crippen LogP contribution in [-0.4, -0.2) is 10.9 Å². The Morgan fingerprint density at radius 1 is 1.18 bits per heavy atom. The third kappa shape index (κ3) is 3.99. The highest BCUT2D eigenvalue weighted by atomic mass is 19.1. The van der Waals surface area contributed by atoms with Gasteiger partial charge in [0.25, 0.3) is 5.69 Å². The molecule has 0 radical (unpaired) electrons. The molecule has 0 bridgehead atoms. The van der Waals surface area contributed by atoms with Crippen LogP contribution in [0, 0.1) is 15.9 Å². The third-order valence-corrected chi connectivity index (χ3v) is 2.86. The average molecular weight is 301 g/mol. The summed E-state index contributed by atoms with van der Waals surface area (Å²) in [5, 5.41) is 10.8. The van der Waals surface area contributed by atoms with Crippen LogP contribution in [0.1, 0.15) is 11.1 Å². The second-order valence-corrected chi connectivity index (χ2v) is 4.35. The molecule has 0 unspecified atom stereocenters. The minimum absolute atomic E-state index is 0.111. The van der Waals surface area contributed by atoms with E-state index in [2.05, 4.69) is 0 Å². The number of nitro benzene ring substituents is 1. The van der Waals surface area contributed by atoms with E-state index < -0.39 is 16.7 Å². The van der Waals surface area contributed by atoms with Crippen LogP contribution < -0.4 is 0 Å². The summed E-state index contributed by atoms with van der Waals surface area (Å²) in [5.74, 6) is -1.17. The molecule has 2 rings (SSSR count). The van der Waals surface area contributed by atoms with Gasteiger partial charge in [0.1, 0.15) is 12.4 Å². The molecule has 0 N–H and O–H groups in total. The van der Waals surface area contributed by atoms with Crippen LogP contribution >= 0.6 is 0 Å². The lowest BCUT2D eigenvalue weighted by atomic mass is 10.1. The highest BCUT2D eigenvalue weighted by Gasteiger charge is 2.10. The summed E-state index contributed by atoms with van der Waals surface area (Å²) in [5.41, 5.74) is 0.436. The smallest absolute Gasteiger partial charge is 0.331 e. The zero-order chi connectivity index (χ0) is 15.9. The van der Waals surface area contributed by atoms with E-state index >= 15 is 0 Å². The molecule has 0 saturated heterocycles. The second-order valence-electron chi connectivity index (χ2n) is 4.35. The van der Waals surface area contributed by atoms with Gasteiger partial charge >= 0.3 is 5.97 Å². The number of hydrogen-bond donors (Lipinski definition) is 0. The minimum atomic E-state index is -0.707. The molecular formula is C16H12FNO4. The van der Waals surface area contributed by atoms with E-state index in [1.165, 1.54) is 42.5 Å². The van der Waals surface area contributed by atoms with Crippen LogP contribution in [-0.2, 0) is 16.1 Å². The topological polar surface area (TPSA) is 69.4 Å². The van der Waals surface area contributed by atoms with Crippen LogP contribution in [0.2, 0.25) is 0 Å². The van der Waals surface area contributed by atoms with Crippen molar-refractivity contribution in [3.8, 4) is 0 Å². The summed E-state index contributed by atoms with van der Waals surface area (Å²) in [6, 6.07) is 12.0. The Balaban J connectivity index is 2.01. The van der Waals surface area contributed by atoms with Gasteiger partial charge in [-0.25, -0.2) is 9.18 Å². The van der Waals surface area contributed by atoms with Gasteiger partial charge in [-0.1, -0.05) is 30.3 Å². The van der Waals surface area contributed by atoms with E-state index in [4.69, 9.17) is 4.74 Å². The molecule has 0 spiro atoms. The SMILES string of the molecule is O=C(C=Cc1ccccc1[N+](=O)[O-])OCc1ccccc1F. The molecule has 0 aliphatic heterocycles. The Hall–Kier alpha value is -3.02. The van der Waals surface area contributed by atoms with E-state index in [9.17, 15) is 19.3 Å². The van der Waals surface area contributed by atoms with E-state index in [1.54, 1.807) is 12.1 Å². The van der Waals surface area contributed by atoms with Crippen LogP contribution in [0.5, 0.6) is 0 Å². The maximum Gasteiger partial charge on any atom is 0.331 e. The largest absolute Gasteiger partial charge is 0.458 e. The number of nitrogens with zero attached hydrogens (tertiary/aromatic N) is 1. The summed E-state index contributed by atoms with van der Waals surface area (Å²) < 4.78 is 18.2. The molecule has 22 heavy (non-hydrogen) atoms. The Bertz CT molecular complexity index is 728. The van der Waals surface area contributed by atoms with Gasteiger partial charge in [-0.15, -0.1) is 0 Å². The summed E-state index contributed by atoms with van der Waals surface area (Å²) in [6.45, 7) is -0.202. The number of rotatable bonds is 5. The molecule has 2 aromatic carbocycles. The van der Waals surface area contributed by atoms with Gasteiger partial charge in [0, 0.05) is 17.7 Å². The van der Waals surface area contributed by atoms with Crippen molar-refractivity contribution in [2.45, 2.75) is 6.61 Å². The molecule has 6 heteroatoms. The van der Waals surface area contributed by atoms with Crippen LogP contribution in [0.3, 0.4) is 0 Å². The molecule has 2 aromatic rings. The first kappa shape index (κ1) is 15.4. The first-order valence-electron chi connectivity index (χ1n) is 6.39. The van der Waals surface area contributed by atoms with E-state index in [-0.39, 0.29) is 23.4 Å². The first-order valence-corrected chi connectivity index (χ1v) is 6.39. The molecule has 0 amide bonds. The standard InChI is InChI=1S/C16H12FNO4/c17-14-7-3-1-6-13(14)11-22-16(19)10-9-12-5-2-4-8-15(12)18(20)21/h1-10H,11H2. The van der Waals surface area contributed by atoms with Crippen molar-refractivity contribution in [2.24, 2.45) is 0 Å². The summed E-state index contributed by atoms with van der Waals surface area (Å²) in [6.07, 6.45) is 2.37. The third-order valence-electron chi connectivity index (χ3n) is 2.86.